The fourth-order valence-electron chi connectivity index (χ4n) is 8.45. The van der Waals surface area contributed by atoms with E-state index in [1.54, 1.807) is 0 Å². The summed E-state index contributed by atoms with van der Waals surface area (Å²) in [6.45, 7) is 3.86. The highest BCUT2D eigenvalue weighted by Crippen LogP contribution is 2.23. The minimum Gasteiger partial charge on any atom is -0.394 e. The molecule has 0 saturated carbocycles. The molecule has 7 atom stereocenters. The van der Waals surface area contributed by atoms with E-state index in [0.717, 1.165) is 38.5 Å². The molecule has 9 heteroatoms. The molecule has 1 fully saturated rings. The molecule has 0 bridgehead atoms. The van der Waals surface area contributed by atoms with Crippen molar-refractivity contribution in [2.45, 2.75) is 294 Å². The molecule has 0 aliphatic carbocycles. The number of allylic oxidation sites excluding steroid dienone is 2. The van der Waals surface area contributed by atoms with Gasteiger partial charge in [0.2, 0.25) is 5.91 Å². The van der Waals surface area contributed by atoms with Crippen LogP contribution in [0.2, 0.25) is 0 Å². The zero-order valence-corrected chi connectivity index (χ0v) is 39.2. The zero-order chi connectivity index (χ0) is 43.7. The Hall–Kier alpha value is -1.07. The number of carbonyl (C=O) groups excluding carboxylic acids is 1. The number of aliphatic hydroxyl groups is 5. The molecule has 1 saturated heterocycles. The second-order valence-corrected chi connectivity index (χ2v) is 18.3. The molecule has 1 aliphatic rings. The maximum absolute atomic E-state index is 13.0. The first kappa shape index (κ1) is 56.9. The van der Waals surface area contributed by atoms with Crippen molar-refractivity contribution in [1.29, 1.82) is 0 Å². The van der Waals surface area contributed by atoms with Gasteiger partial charge in [0.1, 0.15) is 24.4 Å². The van der Waals surface area contributed by atoms with Crippen LogP contribution in [0.3, 0.4) is 0 Å². The number of aliphatic hydroxyl groups excluding tert-OH is 5. The van der Waals surface area contributed by atoms with Crippen molar-refractivity contribution in [3.05, 3.63) is 12.2 Å². The van der Waals surface area contributed by atoms with Gasteiger partial charge in [-0.2, -0.15) is 0 Å². The van der Waals surface area contributed by atoms with Crippen molar-refractivity contribution in [3.63, 3.8) is 0 Å². The summed E-state index contributed by atoms with van der Waals surface area (Å²) in [5.41, 5.74) is 0. The zero-order valence-electron chi connectivity index (χ0n) is 39.2. The van der Waals surface area contributed by atoms with E-state index < -0.39 is 49.5 Å². The molecule has 1 rings (SSSR count). The SMILES string of the molecule is CCCCCCCCCCCCC/C=C\CCCCCCCCCC(=O)NC(COC1OC(CO)C(O)C(O)C1O)C(O)CCCCCCCCCCCCCCCCC. The third kappa shape index (κ3) is 31.7. The highest BCUT2D eigenvalue weighted by Gasteiger charge is 2.44. The van der Waals surface area contributed by atoms with Crippen molar-refractivity contribution in [3.8, 4) is 0 Å². The molecule has 0 aromatic carbocycles. The third-order valence-electron chi connectivity index (χ3n) is 12.6. The van der Waals surface area contributed by atoms with Gasteiger partial charge in [0.15, 0.2) is 6.29 Å². The van der Waals surface area contributed by atoms with Crippen LogP contribution >= 0.6 is 0 Å². The van der Waals surface area contributed by atoms with E-state index in [1.807, 2.05) is 0 Å². The van der Waals surface area contributed by atoms with Crippen molar-refractivity contribution >= 4 is 5.91 Å². The average molecular weight is 854 g/mol. The Morgan fingerprint density at radius 1 is 0.550 bits per heavy atom. The third-order valence-corrected chi connectivity index (χ3v) is 12.6. The quantitative estimate of drug-likeness (QED) is 0.0262. The molecule has 7 unspecified atom stereocenters. The Kier molecular flexibility index (Phi) is 39.8. The van der Waals surface area contributed by atoms with Crippen LogP contribution in [0.15, 0.2) is 12.2 Å². The number of amides is 1. The molecule has 0 aromatic heterocycles. The molecule has 6 N–H and O–H groups in total. The summed E-state index contributed by atoms with van der Waals surface area (Å²) >= 11 is 0. The maximum Gasteiger partial charge on any atom is 0.220 e. The predicted octanol–water partition coefficient (Wildman–Crippen LogP) is 11.7. The normalized spacial score (nSPS) is 20.6. The van der Waals surface area contributed by atoms with E-state index in [1.165, 1.54) is 186 Å². The summed E-state index contributed by atoms with van der Waals surface area (Å²) in [7, 11) is 0. The second-order valence-electron chi connectivity index (χ2n) is 18.3. The number of unbranched alkanes of at least 4 members (excludes halogenated alkanes) is 32. The van der Waals surface area contributed by atoms with E-state index in [2.05, 4.69) is 31.3 Å². The molecule has 60 heavy (non-hydrogen) atoms. The minimum atomic E-state index is -1.55. The van der Waals surface area contributed by atoms with E-state index in [-0.39, 0.29) is 12.5 Å². The predicted molar refractivity (Wildman–Crippen MR) is 249 cm³/mol. The molecular weight excluding hydrogens is 755 g/mol. The van der Waals surface area contributed by atoms with Crippen LogP contribution in [-0.4, -0.2) is 87.5 Å². The highest BCUT2D eigenvalue weighted by molar-refractivity contribution is 5.76. The first-order chi connectivity index (χ1) is 29.3. The Balaban J connectivity index is 2.25. The van der Waals surface area contributed by atoms with Gasteiger partial charge in [-0.25, -0.2) is 0 Å². The van der Waals surface area contributed by atoms with Crippen LogP contribution in [0.4, 0.5) is 0 Å². The standard InChI is InChI=1S/C51H99NO8/c1-3-5-7-9-11-13-15-17-19-20-21-22-23-24-25-27-29-31-33-35-37-39-41-47(55)52-44(43-59-51-50(58)49(57)48(56)46(42-53)60-51)45(54)40-38-36-34-32-30-28-26-18-16-14-12-10-8-6-4-2/h23-24,44-46,48-51,53-54,56-58H,3-22,25-43H2,1-2H3,(H,52,55)/b24-23-. The Morgan fingerprint density at radius 3 is 1.35 bits per heavy atom. The van der Waals surface area contributed by atoms with Gasteiger partial charge in [0, 0.05) is 6.42 Å². The van der Waals surface area contributed by atoms with Gasteiger partial charge in [-0.3, -0.25) is 4.79 Å². The summed E-state index contributed by atoms with van der Waals surface area (Å²) in [5.74, 6) is -0.145. The van der Waals surface area contributed by atoms with Gasteiger partial charge in [-0.15, -0.1) is 0 Å². The van der Waals surface area contributed by atoms with Gasteiger partial charge in [0.05, 0.1) is 25.4 Å². The molecule has 1 amide bonds. The van der Waals surface area contributed by atoms with E-state index in [0.29, 0.717) is 12.8 Å². The van der Waals surface area contributed by atoms with Crippen molar-refractivity contribution in [1.82, 2.24) is 5.32 Å². The molecule has 356 valence electrons. The van der Waals surface area contributed by atoms with Crippen LogP contribution in [0.1, 0.15) is 251 Å². The average Bonchev–Trinajstić information content (AvgIpc) is 3.25. The van der Waals surface area contributed by atoms with E-state index >= 15 is 0 Å². The van der Waals surface area contributed by atoms with Crippen LogP contribution in [0, 0.1) is 0 Å². The van der Waals surface area contributed by atoms with Crippen LogP contribution in [0.25, 0.3) is 0 Å². The van der Waals surface area contributed by atoms with E-state index in [9.17, 15) is 30.3 Å². The lowest BCUT2D eigenvalue weighted by molar-refractivity contribution is -0.302. The molecule has 1 heterocycles. The number of carbonyl (C=O) groups is 1. The Labute approximate surface area is 369 Å². The summed E-state index contributed by atoms with van der Waals surface area (Å²) in [6, 6.07) is -0.717. The Morgan fingerprint density at radius 2 is 0.933 bits per heavy atom. The Bertz CT molecular complexity index is 950. The van der Waals surface area contributed by atoms with Crippen LogP contribution < -0.4 is 5.32 Å². The molecule has 0 spiro atoms. The number of hydrogen-bond donors (Lipinski definition) is 6. The molecule has 0 aromatic rings. The first-order valence-corrected chi connectivity index (χ1v) is 25.9. The topological polar surface area (TPSA) is 149 Å². The number of nitrogens with one attached hydrogen (secondary N) is 1. The monoisotopic (exact) mass is 854 g/mol. The number of rotatable bonds is 44. The maximum atomic E-state index is 13.0. The lowest BCUT2D eigenvalue weighted by atomic mass is 9.99. The molecule has 0 radical (unpaired) electrons. The van der Waals surface area contributed by atoms with Crippen molar-refractivity contribution in [2.75, 3.05) is 13.2 Å². The second kappa shape index (κ2) is 41.9. The van der Waals surface area contributed by atoms with Crippen molar-refractivity contribution < 1.29 is 39.8 Å². The van der Waals surface area contributed by atoms with Crippen LogP contribution in [-0.2, 0) is 14.3 Å². The van der Waals surface area contributed by atoms with Gasteiger partial charge < -0.3 is 40.3 Å². The lowest BCUT2D eigenvalue weighted by Crippen LogP contribution is -2.60. The number of ether oxygens (including phenoxy) is 2. The fourth-order valence-corrected chi connectivity index (χ4v) is 8.45. The molecular formula is C51H99NO8. The summed E-state index contributed by atoms with van der Waals surface area (Å²) in [6.07, 6.45) is 42.2. The van der Waals surface area contributed by atoms with Gasteiger partial charge >= 0.3 is 0 Å². The summed E-state index contributed by atoms with van der Waals surface area (Å²) in [4.78, 5) is 13.0. The van der Waals surface area contributed by atoms with Gasteiger partial charge in [0.25, 0.3) is 0 Å². The van der Waals surface area contributed by atoms with E-state index in [4.69, 9.17) is 9.47 Å². The smallest absolute Gasteiger partial charge is 0.220 e. The minimum absolute atomic E-state index is 0.136. The first-order valence-electron chi connectivity index (χ1n) is 25.9. The molecule has 1 aliphatic heterocycles. The molecule has 9 nitrogen and oxygen atoms in total. The van der Waals surface area contributed by atoms with Crippen molar-refractivity contribution in [2.24, 2.45) is 0 Å². The summed E-state index contributed by atoms with van der Waals surface area (Å²) < 4.78 is 11.3. The number of hydrogen-bond acceptors (Lipinski definition) is 8. The summed E-state index contributed by atoms with van der Waals surface area (Å²) in [5, 5.41) is 54.5. The fraction of sp³-hybridized carbons (Fsp3) is 0.941. The van der Waals surface area contributed by atoms with Gasteiger partial charge in [-0.1, -0.05) is 219 Å². The lowest BCUT2D eigenvalue weighted by Gasteiger charge is -2.40. The van der Waals surface area contributed by atoms with Crippen LogP contribution in [0.5, 0.6) is 0 Å². The van der Waals surface area contributed by atoms with Gasteiger partial charge in [-0.05, 0) is 38.5 Å². The highest BCUT2D eigenvalue weighted by atomic mass is 16.7. The largest absolute Gasteiger partial charge is 0.394 e.